The number of carbonyl (C=O) groups excluding carboxylic acids is 1. The number of ether oxygens (including phenoxy) is 1. The summed E-state index contributed by atoms with van der Waals surface area (Å²) in [4.78, 5) is 14.4. The van der Waals surface area contributed by atoms with E-state index in [9.17, 15) is 4.79 Å². The minimum Gasteiger partial charge on any atom is -0.373 e. The molecule has 23 heavy (non-hydrogen) atoms. The molecule has 0 bridgehead atoms. The van der Waals surface area contributed by atoms with E-state index in [0.717, 1.165) is 32.5 Å². The third-order valence-electron chi connectivity index (χ3n) is 4.27. The minimum atomic E-state index is 0.0549. The fourth-order valence-corrected chi connectivity index (χ4v) is 2.96. The van der Waals surface area contributed by atoms with E-state index in [2.05, 4.69) is 41.4 Å². The fourth-order valence-electron chi connectivity index (χ4n) is 2.96. The summed E-state index contributed by atoms with van der Waals surface area (Å²) in [6.07, 6.45) is 2.15. The molecule has 2 rings (SSSR count). The van der Waals surface area contributed by atoms with Crippen LogP contribution in [0.3, 0.4) is 0 Å². The van der Waals surface area contributed by atoms with E-state index < -0.39 is 0 Å². The van der Waals surface area contributed by atoms with Crippen LogP contribution >= 0.6 is 0 Å². The van der Waals surface area contributed by atoms with Crippen molar-refractivity contribution in [2.75, 3.05) is 26.2 Å². The molecule has 1 aromatic rings. The van der Waals surface area contributed by atoms with E-state index >= 15 is 0 Å². The molecule has 5 nitrogen and oxygen atoms in total. The summed E-state index contributed by atoms with van der Waals surface area (Å²) in [6.45, 7) is 6.07. The molecule has 1 aliphatic heterocycles. The molecule has 1 saturated heterocycles. The number of morpholine rings is 1. The number of nitrogens with one attached hydrogen (secondary N) is 1. The van der Waals surface area contributed by atoms with E-state index in [1.165, 1.54) is 5.56 Å². The third-order valence-corrected chi connectivity index (χ3v) is 4.27. The Hall–Kier alpha value is -1.43. The Balaban J connectivity index is 1.86. The van der Waals surface area contributed by atoms with Crippen molar-refractivity contribution < 1.29 is 9.53 Å². The first-order valence-corrected chi connectivity index (χ1v) is 8.60. The summed E-state index contributed by atoms with van der Waals surface area (Å²) < 4.78 is 5.92. The van der Waals surface area contributed by atoms with Crippen LogP contribution in [0, 0.1) is 0 Å². The van der Waals surface area contributed by atoms with Gasteiger partial charge in [-0.1, -0.05) is 37.3 Å². The van der Waals surface area contributed by atoms with Crippen molar-refractivity contribution >= 4 is 5.91 Å². The maximum absolute atomic E-state index is 12.0. The smallest absolute Gasteiger partial charge is 0.220 e. The number of amides is 1. The fraction of sp³-hybridized carbons (Fsp3) is 0.611. The molecule has 5 heteroatoms. The Morgan fingerprint density at radius 3 is 2.91 bits per heavy atom. The van der Waals surface area contributed by atoms with Crippen LogP contribution in [0.5, 0.6) is 0 Å². The zero-order valence-electron chi connectivity index (χ0n) is 14.0. The quantitative estimate of drug-likeness (QED) is 0.762. The first-order chi connectivity index (χ1) is 11.2. The highest BCUT2D eigenvalue weighted by Gasteiger charge is 2.28. The Kier molecular flexibility index (Phi) is 7.52. The summed E-state index contributed by atoms with van der Waals surface area (Å²) in [5.41, 5.74) is 6.78. The van der Waals surface area contributed by atoms with Crippen LogP contribution in [0.15, 0.2) is 30.3 Å². The van der Waals surface area contributed by atoms with E-state index in [0.29, 0.717) is 19.6 Å². The van der Waals surface area contributed by atoms with Gasteiger partial charge in [-0.05, 0) is 24.9 Å². The summed E-state index contributed by atoms with van der Waals surface area (Å²) >= 11 is 0. The first kappa shape index (κ1) is 17.9. The highest BCUT2D eigenvalue weighted by atomic mass is 16.5. The lowest BCUT2D eigenvalue weighted by Gasteiger charge is -2.37. The van der Waals surface area contributed by atoms with E-state index in [1.54, 1.807) is 0 Å². The summed E-state index contributed by atoms with van der Waals surface area (Å²) in [5.74, 6) is 0.0751. The van der Waals surface area contributed by atoms with Gasteiger partial charge in [0.15, 0.2) is 0 Å². The lowest BCUT2D eigenvalue weighted by molar-refractivity contribution is -0.124. The van der Waals surface area contributed by atoms with Crippen LogP contribution in [-0.2, 0) is 16.1 Å². The Morgan fingerprint density at radius 1 is 1.43 bits per heavy atom. The Bertz CT molecular complexity index is 467. The van der Waals surface area contributed by atoms with E-state index in [1.807, 2.05) is 6.07 Å². The van der Waals surface area contributed by atoms with Gasteiger partial charge in [-0.25, -0.2) is 0 Å². The number of rotatable bonds is 8. The van der Waals surface area contributed by atoms with E-state index in [4.69, 9.17) is 10.5 Å². The molecule has 1 aliphatic rings. The molecule has 0 spiro atoms. The van der Waals surface area contributed by atoms with Crippen molar-refractivity contribution in [2.45, 2.75) is 44.9 Å². The summed E-state index contributed by atoms with van der Waals surface area (Å²) in [7, 11) is 0. The van der Waals surface area contributed by atoms with E-state index in [-0.39, 0.29) is 18.1 Å². The van der Waals surface area contributed by atoms with Gasteiger partial charge in [-0.3, -0.25) is 9.69 Å². The van der Waals surface area contributed by atoms with Crippen molar-refractivity contribution in [2.24, 2.45) is 5.73 Å². The highest BCUT2D eigenvalue weighted by molar-refractivity contribution is 5.76. The molecule has 1 fully saturated rings. The largest absolute Gasteiger partial charge is 0.373 e. The highest BCUT2D eigenvalue weighted by Crippen LogP contribution is 2.14. The molecule has 2 atom stereocenters. The van der Waals surface area contributed by atoms with Crippen molar-refractivity contribution in [1.82, 2.24) is 10.2 Å². The van der Waals surface area contributed by atoms with Gasteiger partial charge in [0.25, 0.3) is 0 Å². The van der Waals surface area contributed by atoms with Crippen molar-refractivity contribution in [3.05, 3.63) is 35.9 Å². The summed E-state index contributed by atoms with van der Waals surface area (Å²) in [6, 6.07) is 10.5. The third kappa shape index (κ3) is 5.94. The molecule has 3 N–H and O–H groups in total. The maximum Gasteiger partial charge on any atom is 0.220 e. The van der Waals surface area contributed by atoms with Gasteiger partial charge in [0.1, 0.15) is 0 Å². The minimum absolute atomic E-state index is 0.0549. The topological polar surface area (TPSA) is 67.6 Å². The number of benzene rings is 1. The Labute approximate surface area is 139 Å². The molecule has 128 valence electrons. The van der Waals surface area contributed by atoms with Gasteiger partial charge in [0.2, 0.25) is 5.91 Å². The number of nitrogens with zero attached hydrogens (tertiary/aromatic N) is 1. The molecule has 0 aromatic heterocycles. The molecular weight excluding hydrogens is 290 g/mol. The van der Waals surface area contributed by atoms with Crippen molar-refractivity contribution in [1.29, 1.82) is 0 Å². The lowest BCUT2D eigenvalue weighted by Crippen LogP contribution is -2.53. The number of hydrogen-bond acceptors (Lipinski definition) is 4. The molecule has 1 amide bonds. The average Bonchev–Trinajstić information content (AvgIpc) is 2.59. The average molecular weight is 319 g/mol. The van der Waals surface area contributed by atoms with Crippen LogP contribution in [0.25, 0.3) is 0 Å². The summed E-state index contributed by atoms with van der Waals surface area (Å²) in [5, 5.41) is 3.11. The second kappa shape index (κ2) is 9.65. The first-order valence-electron chi connectivity index (χ1n) is 8.60. The lowest BCUT2D eigenvalue weighted by atomic mass is 10.1. The second-order valence-electron chi connectivity index (χ2n) is 6.10. The predicted octanol–water partition coefficient (Wildman–Crippen LogP) is 1.52. The maximum atomic E-state index is 12.0. The van der Waals surface area contributed by atoms with Crippen molar-refractivity contribution in [3.8, 4) is 0 Å². The van der Waals surface area contributed by atoms with Crippen LogP contribution < -0.4 is 11.1 Å². The molecule has 0 aliphatic carbocycles. The van der Waals surface area contributed by atoms with Crippen LogP contribution in [0.4, 0.5) is 0 Å². The van der Waals surface area contributed by atoms with Gasteiger partial charge < -0.3 is 15.8 Å². The number of carbonyl (C=O) groups is 1. The zero-order chi connectivity index (χ0) is 16.5. The second-order valence-corrected chi connectivity index (χ2v) is 6.10. The van der Waals surface area contributed by atoms with Gasteiger partial charge in [0.05, 0.1) is 18.8 Å². The SMILES string of the molecule is CCC(NC(=O)CCCN)C1CN(Cc2ccccc2)CCO1. The number of hydrogen-bond donors (Lipinski definition) is 2. The number of nitrogens with two attached hydrogens (primary N) is 1. The van der Waals surface area contributed by atoms with Gasteiger partial charge in [0, 0.05) is 26.1 Å². The van der Waals surface area contributed by atoms with Gasteiger partial charge >= 0.3 is 0 Å². The molecule has 0 saturated carbocycles. The monoisotopic (exact) mass is 319 g/mol. The molecule has 1 heterocycles. The molecule has 2 unspecified atom stereocenters. The molecular formula is C18H29N3O2. The van der Waals surface area contributed by atoms with Gasteiger partial charge in [-0.2, -0.15) is 0 Å². The molecule has 0 radical (unpaired) electrons. The molecule has 1 aromatic carbocycles. The standard InChI is InChI=1S/C18H29N3O2/c1-2-16(20-18(22)9-6-10-19)17-14-21(11-12-23-17)13-15-7-4-3-5-8-15/h3-5,7-8,16-17H,2,6,9-14,19H2,1H3,(H,20,22). The van der Waals surface area contributed by atoms with Crippen LogP contribution in [-0.4, -0.2) is 49.2 Å². The normalized spacial score (nSPS) is 20.2. The Morgan fingerprint density at radius 2 is 2.22 bits per heavy atom. The zero-order valence-corrected chi connectivity index (χ0v) is 14.0. The van der Waals surface area contributed by atoms with Crippen LogP contribution in [0.2, 0.25) is 0 Å². The van der Waals surface area contributed by atoms with Crippen LogP contribution in [0.1, 0.15) is 31.7 Å². The van der Waals surface area contributed by atoms with Crippen molar-refractivity contribution in [3.63, 3.8) is 0 Å². The predicted molar refractivity (Wildman–Crippen MR) is 92.0 cm³/mol. The van der Waals surface area contributed by atoms with Gasteiger partial charge in [-0.15, -0.1) is 0 Å².